The summed E-state index contributed by atoms with van der Waals surface area (Å²) in [6.07, 6.45) is 2.10. The fraction of sp³-hybridized carbons (Fsp3) is 0.0952. The Morgan fingerprint density at radius 1 is 0.636 bits per heavy atom. The predicted octanol–water partition coefficient (Wildman–Crippen LogP) is 5.12. The Bertz CT molecular complexity index is 880. The van der Waals surface area contributed by atoms with Crippen LogP contribution in [0.1, 0.15) is 11.1 Å². The molecule has 1 nitrogen and oxygen atoms in total. The molecular weight excluding hydrogens is 266 g/mol. The van der Waals surface area contributed by atoms with Gasteiger partial charge in [0.25, 0.3) is 0 Å². The second-order valence-corrected chi connectivity index (χ2v) is 5.62. The molecule has 1 aliphatic carbocycles. The van der Waals surface area contributed by atoms with Crippen molar-refractivity contribution < 1.29 is 0 Å². The van der Waals surface area contributed by atoms with E-state index < -0.39 is 0 Å². The van der Waals surface area contributed by atoms with Crippen LogP contribution >= 0.6 is 0 Å². The molecule has 2 aromatic rings. The van der Waals surface area contributed by atoms with Gasteiger partial charge in [0, 0.05) is 10.9 Å². The molecule has 2 aliphatic rings. The topological polar surface area (TPSA) is 12.9 Å². The van der Waals surface area contributed by atoms with Gasteiger partial charge in [-0.25, -0.2) is 4.98 Å². The molecule has 22 heavy (non-hydrogen) atoms. The van der Waals surface area contributed by atoms with E-state index in [2.05, 4.69) is 78.9 Å². The molecule has 1 heteroatoms. The molecule has 1 aliphatic heterocycles. The smallest absolute Gasteiger partial charge is 0.0719 e. The maximum absolute atomic E-state index is 4.77. The van der Waals surface area contributed by atoms with Gasteiger partial charge in [0.2, 0.25) is 0 Å². The van der Waals surface area contributed by atoms with E-state index in [4.69, 9.17) is 4.98 Å². The zero-order chi connectivity index (χ0) is 14.8. The van der Waals surface area contributed by atoms with Gasteiger partial charge in [0.15, 0.2) is 0 Å². The van der Waals surface area contributed by atoms with Crippen molar-refractivity contribution in [2.24, 2.45) is 0 Å². The van der Waals surface area contributed by atoms with E-state index in [1.807, 2.05) is 0 Å². The van der Waals surface area contributed by atoms with Crippen molar-refractivity contribution in [3.05, 3.63) is 90.0 Å². The first kappa shape index (κ1) is 13.0. The Morgan fingerprint density at radius 3 is 2.27 bits per heavy atom. The molecule has 0 saturated carbocycles. The van der Waals surface area contributed by atoms with Crippen LogP contribution in [0.5, 0.6) is 0 Å². The summed E-state index contributed by atoms with van der Waals surface area (Å²) in [4.78, 5) is 4.77. The summed E-state index contributed by atoms with van der Waals surface area (Å²) < 4.78 is 0. The van der Waals surface area contributed by atoms with Gasteiger partial charge in [0.05, 0.1) is 11.2 Å². The van der Waals surface area contributed by atoms with Crippen LogP contribution in [0.3, 0.4) is 0 Å². The number of fused-ring (bicyclic) bond motifs is 3. The van der Waals surface area contributed by atoms with Crippen molar-refractivity contribution in [1.29, 1.82) is 0 Å². The monoisotopic (exact) mass is 283 g/mol. The molecule has 0 spiro atoms. The summed E-state index contributed by atoms with van der Waals surface area (Å²) in [5.74, 6) is 0. The van der Waals surface area contributed by atoms with Crippen LogP contribution in [0.2, 0.25) is 0 Å². The molecule has 4 rings (SSSR count). The number of hydrogen-bond acceptors (Lipinski definition) is 1. The molecular formula is C21H17N. The minimum absolute atomic E-state index is 1.04. The summed E-state index contributed by atoms with van der Waals surface area (Å²) in [6.45, 7) is 0. The van der Waals surface area contributed by atoms with Gasteiger partial charge in [-0.2, -0.15) is 0 Å². The maximum Gasteiger partial charge on any atom is 0.0719 e. The Kier molecular flexibility index (Phi) is 3.32. The first-order chi connectivity index (χ1) is 10.9. The van der Waals surface area contributed by atoms with Crippen molar-refractivity contribution in [1.82, 2.24) is 4.98 Å². The molecule has 0 atom stereocenters. The highest BCUT2D eigenvalue weighted by molar-refractivity contribution is 5.99. The van der Waals surface area contributed by atoms with E-state index in [0.29, 0.717) is 0 Å². The second kappa shape index (κ2) is 5.61. The summed E-state index contributed by atoms with van der Waals surface area (Å²) in [6, 6.07) is 27.6. The van der Waals surface area contributed by atoms with Crippen molar-refractivity contribution in [2.75, 3.05) is 0 Å². The highest BCUT2D eigenvalue weighted by Crippen LogP contribution is 2.33. The third kappa shape index (κ3) is 2.35. The molecule has 0 radical (unpaired) electrons. The number of rotatable bonds is 3. The first-order valence-corrected chi connectivity index (χ1v) is 7.72. The third-order valence-electron chi connectivity index (χ3n) is 4.18. The van der Waals surface area contributed by atoms with Gasteiger partial charge in [-0.05, 0) is 36.1 Å². The van der Waals surface area contributed by atoms with E-state index in [9.17, 15) is 0 Å². The quantitative estimate of drug-likeness (QED) is 0.508. The van der Waals surface area contributed by atoms with Crippen molar-refractivity contribution in [3.8, 4) is 11.3 Å². The third-order valence-corrected chi connectivity index (χ3v) is 4.18. The van der Waals surface area contributed by atoms with E-state index in [-0.39, 0.29) is 0 Å². The van der Waals surface area contributed by atoms with E-state index in [1.165, 1.54) is 22.1 Å². The number of aromatic nitrogens is 1. The first-order valence-electron chi connectivity index (χ1n) is 7.72. The lowest BCUT2D eigenvalue weighted by Crippen LogP contribution is -1.92. The van der Waals surface area contributed by atoms with E-state index >= 15 is 0 Å². The number of hydrogen-bond donors (Lipinski definition) is 0. The standard InChI is InChI=1S/C21H17N/c1-3-8-16(9-4-1)14-15-17-10-7-13-20-21(17)18-11-5-2-6-12-19(18)22-20/h1-13H,14-15H2. The Labute approximate surface area is 130 Å². The van der Waals surface area contributed by atoms with Crippen molar-refractivity contribution in [3.63, 3.8) is 0 Å². The molecule has 0 unspecified atom stereocenters. The summed E-state index contributed by atoms with van der Waals surface area (Å²) in [5.41, 5.74) is 6.20. The van der Waals surface area contributed by atoms with Crippen LogP contribution in [0.15, 0.2) is 78.9 Å². The summed E-state index contributed by atoms with van der Waals surface area (Å²) in [5, 5.41) is 1.31. The SMILES string of the molecule is c1ccc(CCc2cccc3nc4cccccc-4c23)cc1. The lowest BCUT2D eigenvalue weighted by Gasteiger charge is -2.05. The molecule has 0 aromatic heterocycles. The van der Waals surface area contributed by atoms with Crippen LogP contribution in [0.4, 0.5) is 0 Å². The van der Waals surface area contributed by atoms with Crippen LogP contribution in [0.25, 0.3) is 22.2 Å². The van der Waals surface area contributed by atoms with Crippen molar-refractivity contribution >= 4 is 10.9 Å². The van der Waals surface area contributed by atoms with Gasteiger partial charge in [-0.3, -0.25) is 0 Å². The van der Waals surface area contributed by atoms with Gasteiger partial charge in [-0.1, -0.05) is 66.7 Å². The van der Waals surface area contributed by atoms with Crippen LogP contribution in [0, 0.1) is 0 Å². The fourth-order valence-electron chi connectivity index (χ4n) is 3.10. The average molecular weight is 283 g/mol. The van der Waals surface area contributed by atoms with Crippen LogP contribution < -0.4 is 0 Å². The largest absolute Gasteiger partial charge is 0.248 e. The molecule has 2 aromatic carbocycles. The van der Waals surface area contributed by atoms with Crippen LogP contribution in [-0.2, 0) is 12.8 Å². The van der Waals surface area contributed by atoms with Gasteiger partial charge < -0.3 is 0 Å². The Balaban J connectivity index is 1.77. The molecule has 0 bridgehead atoms. The molecule has 106 valence electrons. The second-order valence-electron chi connectivity index (χ2n) is 5.62. The van der Waals surface area contributed by atoms with Gasteiger partial charge in [-0.15, -0.1) is 0 Å². The average Bonchev–Trinajstić information content (AvgIpc) is 2.76. The molecule has 0 saturated heterocycles. The van der Waals surface area contributed by atoms with E-state index in [0.717, 1.165) is 24.1 Å². The van der Waals surface area contributed by atoms with Crippen molar-refractivity contribution in [2.45, 2.75) is 12.8 Å². The number of benzene rings is 2. The summed E-state index contributed by atoms with van der Waals surface area (Å²) >= 11 is 0. The Morgan fingerprint density at radius 2 is 1.41 bits per heavy atom. The lowest BCUT2D eigenvalue weighted by atomic mass is 9.98. The molecule has 1 heterocycles. The fourth-order valence-corrected chi connectivity index (χ4v) is 3.10. The zero-order valence-electron chi connectivity index (χ0n) is 12.4. The molecule has 0 N–H and O–H groups in total. The minimum atomic E-state index is 1.04. The highest BCUT2D eigenvalue weighted by atomic mass is 14.7. The lowest BCUT2D eigenvalue weighted by molar-refractivity contribution is 0.969. The predicted molar refractivity (Wildman–Crippen MR) is 92.2 cm³/mol. The molecule has 0 amide bonds. The minimum Gasteiger partial charge on any atom is -0.248 e. The zero-order valence-corrected chi connectivity index (χ0v) is 12.4. The highest BCUT2D eigenvalue weighted by Gasteiger charge is 2.13. The maximum atomic E-state index is 4.77. The van der Waals surface area contributed by atoms with Gasteiger partial charge in [0.1, 0.15) is 0 Å². The number of nitrogens with zero attached hydrogens (tertiary/aromatic N) is 1. The Hall–Kier alpha value is -2.67. The van der Waals surface area contributed by atoms with E-state index in [1.54, 1.807) is 0 Å². The van der Waals surface area contributed by atoms with Crippen LogP contribution in [-0.4, -0.2) is 4.98 Å². The van der Waals surface area contributed by atoms with Gasteiger partial charge >= 0.3 is 0 Å². The number of aryl methyl sites for hydroxylation is 2. The summed E-state index contributed by atoms with van der Waals surface area (Å²) in [7, 11) is 0. The molecule has 0 fully saturated rings. The normalized spacial score (nSPS) is 11.1.